The summed E-state index contributed by atoms with van der Waals surface area (Å²) in [5.41, 5.74) is 4.32. The molecule has 270 valence electrons. The number of hydrogen-bond donors (Lipinski definition) is 3. The van der Waals surface area contributed by atoms with E-state index in [1.165, 1.54) is 25.8 Å². The lowest BCUT2D eigenvalue weighted by Gasteiger charge is -2.61. The van der Waals surface area contributed by atoms with Gasteiger partial charge >= 0.3 is 11.9 Å². The van der Waals surface area contributed by atoms with Crippen LogP contribution < -0.4 is 29.6 Å². The summed E-state index contributed by atoms with van der Waals surface area (Å²) in [6, 6.07) is 0.593. The Morgan fingerprint density at radius 2 is 1.94 bits per heavy atom. The number of hydrogen-bond acceptors (Lipinski definition) is 14. The van der Waals surface area contributed by atoms with Crippen molar-refractivity contribution in [2.75, 3.05) is 39.9 Å². The van der Waals surface area contributed by atoms with Gasteiger partial charge in [0.2, 0.25) is 12.7 Å². The first-order valence-corrected chi connectivity index (χ1v) is 18.3. The second-order valence-corrected chi connectivity index (χ2v) is 15.3. The topological polar surface area (TPSA) is 172 Å². The van der Waals surface area contributed by atoms with Crippen molar-refractivity contribution in [3.05, 3.63) is 39.4 Å². The number of aryl methyl sites for hydroxylation is 1. The fourth-order valence-electron chi connectivity index (χ4n) is 9.25. The Hall–Kier alpha value is -4.23. The van der Waals surface area contributed by atoms with Crippen molar-refractivity contribution in [1.29, 1.82) is 5.26 Å². The lowest BCUT2D eigenvalue weighted by atomic mass is 9.71. The second kappa shape index (κ2) is 12.8. The van der Waals surface area contributed by atoms with Crippen LogP contribution in [0.5, 0.6) is 28.7 Å². The third-order valence-corrected chi connectivity index (χ3v) is 12.8. The Labute approximate surface area is 299 Å². The molecule has 0 aromatic heterocycles. The average Bonchev–Trinajstić information content (AvgIpc) is 3.81. The van der Waals surface area contributed by atoms with E-state index >= 15 is 0 Å². The summed E-state index contributed by atoms with van der Waals surface area (Å²) in [5.74, 6) is 0.394. The van der Waals surface area contributed by atoms with Crippen LogP contribution in [0, 0.1) is 25.2 Å². The van der Waals surface area contributed by atoms with E-state index in [2.05, 4.69) is 26.5 Å². The summed E-state index contributed by atoms with van der Waals surface area (Å²) in [6.07, 6.45) is 2.03. The number of nitriles is 1. The van der Waals surface area contributed by atoms with Crippen molar-refractivity contribution >= 4 is 29.6 Å². The number of methoxy groups -OCH3 is 1. The third kappa shape index (κ3) is 5.13. The van der Waals surface area contributed by atoms with Gasteiger partial charge in [0, 0.05) is 47.0 Å². The van der Waals surface area contributed by atoms with Crippen LogP contribution in [-0.4, -0.2) is 103 Å². The van der Waals surface area contributed by atoms with Crippen molar-refractivity contribution in [2.24, 2.45) is 0 Å². The molecule has 1 amide bonds. The SMILES string of the molecule is COc1c(C)cc2c(c1O)[C@@H]1C3[C@@H]4SC[C@H](NC(=O)[C@@H]5CCCN5)C(=O)OC[C@@H](c5c6c(c(C)c(OC(C)=O)c54)OCO6)N3[C@@H](C#N)[C@H](C2)N1C. The van der Waals surface area contributed by atoms with Crippen LogP contribution in [-0.2, 0) is 25.5 Å². The molecular weight excluding hydrogens is 678 g/mol. The molecular formula is C36H41N5O9S. The number of amides is 1. The summed E-state index contributed by atoms with van der Waals surface area (Å²) in [6.45, 7) is 5.54. The van der Waals surface area contributed by atoms with Crippen LogP contribution >= 0.6 is 11.8 Å². The maximum absolute atomic E-state index is 13.8. The Kier molecular flexibility index (Phi) is 8.48. The normalized spacial score (nSPS) is 30.7. The number of piperazine rings is 1. The Balaban J connectivity index is 1.36. The summed E-state index contributed by atoms with van der Waals surface area (Å²) in [4.78, 5) is 44.2. The van der Waals surface area contributed by atoms with Crippen molar-refractivity contribution in [3.8, 4) is 34.8 Å². The maximum Gasteiger partial charge on any atom is 0.329 e. The summed E-state index contributed by atoms with van der Waals surface area (Å²) >= 11 is 1.42. The highest BCUT2D eigenvalue weighted by Crippen LogP contribution is 2.64. The number of carbonyl (C=O) groups excluding carboxylic acids is 3. The molecule has 3 N–H and O–H groups in total. The fourth-order valence-corrected chi connectivity index (χ4v) is 10.8. The molecule has 15 heteroatoms. The lowest BCUT2D eigenvalue weighted by Crippen LogP contribution is -2.69. The van der Waals surface area contributed by atoms with Crippen molar-refractivity contribution in [2.45, 2.75) is 87.6 Å². The predicted molar refractivity (Wildman–Crippen MR) is 183 cm³/mol. The Morgan fingerprint density at radius 3 is 2.65 bits per heavy atom. The van der Waals surface area contributed by atoms with Gasteiger partial charge in [0.05, 0.1) is 36.6 Å². The lowest BCUT2D eigenvalue weighted by molar-refractivity contribution is -0.152. The number of nitrogens with zero attached hydrogens (tertiary/aromatic N) is 3. The van der Waals surface area contributed by atoms with E-state index in [1.54, 1.807) is 0 Å². The Morgan fingerprint density at radius 1 is 1.16 bits per heavy atom. The number of likely N-dealkylation sites (N-methyl/N-ethyl adjacent to an activating group) is 1. The van der Waals surface area contributed by atoms with E-state index in [0.29, 0.717) is 58.1 Å². The van der Waals surface area contributed by atoms with Gasteiger partial charge in [-0.25, -0.2) is 4.79 Å². The number of aromatic hydroxyl groups is 1. The molecule has 4 bridgehead atoms. The summed E-state index contributed by atoms with van der Waals surface area (Å²) in [5, 5.41) is 28.5. The molecule has 7 aliphatic rings. The van der Waals surface area contributed by atoms with Gasteiger partial charge in [-0.2, -0.15) is 5.26 Å². The molecule has 0 saturated carbocycles. The minimum absolute atomic E-state index is 0.0408. The van der Waals surface area contributed by atoms with Crippen LogP contribution in [0.3, 0.4) is 0 Å². The van der Waals surface area contributed by atoms with Gasteiger partial charge in [0.1, 0.15) is 24.4 Å². The molecule has 9 rings (SSSR count). The van der Waals surface area contributed by atoms with Crippen LogP contribution in [0.2, 0.25) is 0 Å². The number of carbonyl (C=O) groups is 3. The van der Waals surface area contributed by atoms with Gasteiger partial charge in [-0.05, 0) is 57.8 Å². The third-order valence-electron chi connectivity index (χ3n) is 11.4. The fraction of sp³-hybridized carbons (Fsp3) is 0.556. The number of fused-ring (bicyclic) bond motifs is 10. The quantitative estimate of drug-likeness (QED) is 0.311. The molecule has 1 unspecified atom stereocenters. The number of phenols is 1. The average molecular weight is 720 g/mol. The van der Waals surface area contributed by atoms with Crippen molar-refractivity contribution in [1.82, 2.24) is 20.4 Å². The van der Waals surface area contributed by atoms with Gasteiger partial charge in [-0.3, -0.25) is 19.4 Å². The molecule has 7 aliphatic heterocycles. The largest absolute Gasteiger partial charge is 0.504 e. The molecule has 8 atom stereocenters. The van der Waals surface area contributed by atoms with Gasteiger partial charge in [0.25, 0.3) is 0 Å². The molecule has 3 saturated heterocycles. The number of benzene rings is 2. The minimum atomic E-state index is -0.968. The van der Waals surface area contributed by atoms with E-state index in [-0.39, 0.29) is 36.9 Å². The highest BCUT2D eigenvalue weighted by atomic mass is 32.2. The van der Waals surface area contributed by atoms with E-state index in [0.717, 1.165) is 24.1 Å². The molecule has 51 heavy (non-hydrogen) atoms. The zero-order valence-corrected chi connectivity index (χ0v) is 29.9. The number of phenolic OH excluding ortho intramolecular Hbond substituents is 1. The molecule has 14 nitrogen and oxygen atoms in total. The molecule has 0 spiro atoms. The first kappa shape index (κ1) is 33.9. The number of thioether (sulfide) groups is 1. The van der Waals surface area contributed by atoms with Crippen LogP contribution in [0.4, 0.5) is 0 Å². The van der Waals surface area contributed by atoms with Crippen LogP contribution in [0.25, 0.3) is 0 Å². The minimum Gasteiger partial charge on any atom is -0.504 e. The molecule has 3 fully saturated rings. The van der Waals surface area contributed by atoms with Crippen LogP contribution in [0.1, 0.15) is 70.5 Å². The smallest absolute Gasteiger partial charge is 0.329 e. The standard InChI is InChI=1S/C36H41N5O9S/c1-15-9-18-10-21-22(11-37)41-23-12-47-36(45)20(39-35(44)19-7-6-8-38-19)13-51-34(28(41)27(40(21)4)24(18)29(43)30(15)46-5)26-25(23)33-32(48-14-49-33)16(2)31(26)50-17(3)42/h9,19-23,27-28,34,38,43H,6-8,10,12-14H2,1-5H3,(H,39,44)/t19-,20-,21-,22-,23-,27+,28?,34+/m0/s1. The van der Waals surface area contributed by atoms with Crippen molar-refractivity contribution < 1.29 is 43.2 Å². The van der Waals surface area contributed by atoms with E-state index in [9.17, 15) is 24.8 Å². The van der Waals surface area contributed by atoms with Gasteiger partial charge < -0.3 is 39.4 Å². The summed E-state index contributed by atoms with van der Waals surface area (Å²) in [7, 11) is 3.50. The van der Waals surface area contributed by atoms with Crippen LogP contribution in [0.15, 0.2) is 6.07 Å². The van der Waals surface area contributed by atoms with E-state index in [1.807, 2.05) is 27.0 Å². The number of rotatable bonds is 4. The number of esters is 2. The molecule has 0 radical (unpaired) electrons. The van der Waals surface area contributed by atoms with E-state index < -0.39 is 53.4 Å². The maximum atomic E-state index is 13.8. The molecule has 2 aromatic rings. The number of nitrogens with one attached hydrogen (secondary N) is 2. The first-order chi connectivity index (χ1) is 24.5. The zero-order valence-electron chi connectivity index (χ0n) is 29.1. The number of ether oxygens (including phenoxy) is 5. The van der Waals surface area contributed by atoms with E-state index in [4.69, 9.17) is 23.7 Å². The zero-order chi connectivity index (χ0) is 35.9. The highest BCUT2D eigenvalue weighted by Gasteiger charge is 2.60. The molecule has 0 aliphatic carbocycles. The predicted octanol–water partition coefficient (Wildman–Crippen LogP) is 2.47. The van der Waals surface area contributed by atoms with Crippen molar-refractivity contribution in [3.63, 3.8) is 0 Å². The molecule has 7 heterocycles. The highest BCUT2D eigenvalue weighted by molar-refractivity contribution is 7.99. The summed E-state index contributed by atoms with van der Waals surface area (Å²) < 4.78 is 29.9. The van der Waals surface area contributed by atoms with Gasteiger partial charge in [0.15, 0.2) is 23.0 Å². The van der Waals surface area contributed by atoms with Gasteiger partial charge in [-0.1, -0.05) is 6.07 Å². The monoisotopic (exact) mass is 719 g/mol. The second-order valence-electron chi connectivity index (χ2n) is 14.1. The van der Waals surface area contributed by atoms with Gasteiger partial charge in [-0.15, -0.1) is 11.8 Å². The molecule has 2 aromatic carbocycles. The Bertz CT molecular complexity index is 1880. The first-order valence-electron chi connectivity index (χ1n) is 17.3.